The molecule has 1 unspecified atom stereocenters. The zero-order chi connectivity index (χ0) is 17.2. The highest BCUT2D eigenvalue weighted by Gasteiger charge is 2.21. The second-order valence-corrected chi connectivity index (χ2v) is 6.08. The first-order valence-electron chi connectivity index (χ1n) is 8.42. The van der Waals surface area contributed by atoms with Crippen LogP contribution in [0.15, 0.2) is 24.3 Å². The molecule has 0 heterocycles. The van der Waals surface area contributed by atoms with Gasteiger partial charge in [-0.25, -0.2) is 4.79 Å². The van der Waals surface area contributed by atoms with Gasteiger partial charge >= 0.3 is 11.9 Å². The number of carbonyl (C=O) groups is 2. The molecule has 1 atom stereocenters. The number of hydrogen-bond acceptors (Lipinski definition) is 4. The molecule has 0 fully saturated rings. The molecule has 0 N–H and O–H groups in total. The van der Waals surface area contributed by atoms with Gasteiger partial charge in [-0.3, -0.25) is 4.79 Å². The Morgan fingerprint density at radius 2 is 1.83 bits per heavy atom. The van der Waals surface area contributed by atoms with Crippen LogP contribution < -0.4 is 0 Å². The van der Waals surface area contributed by atoms with E-state index >= 15 is 0 Å². The molecular formula is C19H28O4. The van der Waals surface area contributed by atoms with Crippen molar-refractivity contribution in [2.24, 2.45) is 5.92 Å². The van der Waals surface area contributed by atoms with Crippen LogP contribution in [-0.4, -0.2) is 24.6 Å². The molecule has 4 heteroatoms. The first kappa shape index (κ1) is 19.2. The van der Waals surface area contributed by atoms with Crippen molar-refractivity contribution >= 4 is 11.9 Å². The summed E-state index contributed by atoms with van der Waals surface area (Å²) in [6.07, 6.45) is 1.99. The maximum absolute atomic E-state index is 12.5. The van der Waals surface area contributed by atoms with Crippen molar-refractivity contribution in [3.63, 3.8) is 0 Å². The Kier molecular flexibility index (Phi) is 8.38. The van der Waals surface area contributed by atoms with Crippen molar-refractivity contribution in [2.75, 3.05) is 6.61 Å². The van der Waals surface area contributed by atoms with Crippen molar-refractivity contribution < 1.29 is 19.1 Å². The molecule has 0 aliphatic rings. The van der Waals surface area contributed by atoms with Crippen LogP contribution >= 0.6 is 0 Å². The lowest BCUT2D eigenvalue weighted by molar-refractivity contribution is -0.145. The third kappa shape index (κ3) is 6.85. The molecule has 0 aliphatic heterocycles. The summed E-state index contributed by atoms with van der Waals surface area (Å²) in [5.74, 6) is -0.229. The zero-order valence-corrected chi connectivity index (χ0v) is 14.6. The highest BCUT2D eigenvalue weighted by atomic mass is 16.6. The van der Waals surface area contributed by atoms with Crippen molar-refractivity contribution in [2.45, 2.75) is 59.5 Å². The molecule has 1 rings (SSSR count). The van der Waals surface area contributed by atoms with E-state index in [2.05, 4.69) is 13.8 Å². The lowest BCUT2D eigenvalue weighted by Crippen LogP contribution is -2.23. The quantitative estimate of drug-likeness (QED) is 0.641. The maximum Gasteiger partial charge on any atom is 0.338 e. The summed E-state index contributed by atoms with van der Waals surface area (Å²) in [4.78, 5) is 24.1. The summed E-state index contributed by atoms with van der Waals surface area (Å²) in [6, 6.07) is 7.50. The largest absolute Gasteiger partial charge is 0.466 e. The van der Waals surface area contributed by atoms with E-state index in [1.807, 2.05) is 25.1 Å². The minimum atomic E-state index is -0.432. The smallest absolute Gasteiger partial charge is 0.338 e. The molecule has 0 saturated heterocycles. The molecular weight excluding hydrogens is 292 g/mol. The summed E-state index contributed by atoms with van der Waals surface area (Å²) >= 11 is 0. The van der Waals surface area contributed by atoms with Crippen LogP contribution in [0.4, 0.5) is 0 Å². The Morgan fingerprint density at radius 1 is 1.13 bits per heavy atom. The molecule has 1 aromatic carbocycles. The molecule has 0 aliphatic carbocycles. The van der Waals surface area contributed by atoms with E-state index in [1.165, 1.54) is 0 Å². The topological polar surface area (TPSA) is 52.6 Å². The highest BCUT2D eigenvalue weighted by molar-refractivity contribution is 5.91. The van der Waals surface area contributed by atoms with Crippen molar-refractivity contribution in [1.29, 1.82) is 0 Å². The maximum atomic E-state index is 12.5. The Hall–Kier alpha value is -1.84. The van der Waals surface area contributed by atoms with Crippen molar-refractivity contribution in [1.82, 2.24) is 0 Å². The highest BCUT2D eigenvalue weighted by Crippen LogP contribution is 2.18. The SMILES string of the molecule is CCCC(CC(=O)OCC)OC(=O)c1ccccc1CC(C)C. The van der Waals surface area contributed by atoms with E-state index in [4.69, 9.17) is 9.47 Å². The fraction of sp³-hybridized carbons (Fsp3) is 0.579. The molecule has 0 spiro atoms. The normalized spacial score (nSPS) is 12.0. The minimum Gasteiger partial charge on any atom is -0.466 e. The lowest BCUT2D eigenvalue weighted by atomic mass is 9.98. The molecule has 0 radical (unpaired) electrons. The fourth-order valence-electron chi connectivity index (χ4n) is 2.48. The number of ether oxygens (including phenoxy) is 2. The van der Waals surface area contributed by atoms with Gasteiger partial charge in [0, 0.05) is 0 Å². The van der Waals surface area contributed by atoms with Gasteiger partial charge < -0.3 is 9.47 Å². The van der Waals surface area contributed by atoms with Gasteiger partial charge in [0.25, 0.3) is 0 Å². The van der Waals surface area contributed by atoms with Crippen LogP contribution in [-0.2, 0) is 20.7 Å². The van der Waals surface area contributed by atoms with Gasteiger partial charge in [-0.2, -0.15) is 0 Å². The second-order valence-electron chi connectivity index (χ2n) is 6.08. The summed E-state index contributed by atoms with van der Waals surface area (Å²) < 4.78 is 10.5. The van der Waals surface area contributed by atoms with Crippen molar-refractivity contribution in [3.8, 4) is 0 Å². The van der Waals surface area contributed by atoms with E-state index < -0.39 is 6.10 Å². The zero-order valence-electron chi connectivity index (χ0n) is 14.6. The first-order chi connectivity index (χ1) is 11.0. The number of esters is 2. The Morgan fingerprint density at radius 3 is 2.43 bits per heavy atom. The first-order valence-corrected chi connectivity index (χ1v) is 8.42. The van der Waals surface area contributed by atoms with Crippen LogP contribution in [0.25, 0.3) is 0 Å². The van der Waals surface area contributed by atoms with Crippen molar-refractivity contribution in [3.05, 3.63) is 35.4 Å². The Balaban J connectivity index is 2.80. The average molecular weight is 320 g/mol. The summed E-state index contributed by atoms with van der Waals surface area (Å²) in [5.41, 5.74) is 1.57. The summed E-state index contributed by atoms with van der Waals surface area (Å²) in [6.45, 7) is 8.33. The summed E-state index contributed by atoms with van der Waals surface area (Å²) in [7, 11) is 0. The molecule has 0 bridgehead atoms. The van der Waals surface area contributed by atoms with E-state index in [0.717, 1.165) is 18.4 Å². The molecule has 0 saturated carbocycles. The van der Waals surface area contributed by atoms with Gasteiger partial charge in [0.2, 0.25) is 0 Å². The van der Waals surface area contributed by atoms with Gasteiger partial charge in [0.15, 0.2) is 0 Å². The van der Waals surface area contributed by atoms with Gasteiger partial charge in [0.05, 0.1) is 18.6 Å². The number of hydrogen-bond donors (Lipinski definition) is 0. The molecule has 1 aromatic rings. The van der Waals surface area contributed by atoms with Gasteiger partial charge in [-0.15, -0.1) is 0 Å². The minimum absolute atomic E-state index is 0.111. The predicted octanol–water partition coefficient (Wildman–Crippen LogP) is 4.16. The Bertz CT molecular complexity index is 508. The van der Waals surface area contributed by atoms with Crippen LogP contribution in [0.3, 0.4) is 0 Å². The second kappa shape index (κ2) is 10.0. The van der Waals surface area contributed by atoms with Crippen LogP contribution in [0.5, 0.6) is 0 Å². The molecule has 23 heavy (non-hydrogen) atoms. The van der Waals surface area contributed by atoms with Crippen LogP contribution in [0.2, 0.25) is 0 Å². The number of carbonyl (C=O) groups excluding carboxylic acids is 2. The van der Waals surface area contributed by atoms with Crippen LogP contribution in [0.1, 0.15) is 62.9 Å². The predicted molar refractivity (Wildman–Crippen MR) is 90.3 cm³/mol. The van der Waals surface area contributed by atoms with Gasteiger partial charge in [-0.05, 0) is 37.3 Å². The fourth-order valence-corrected chi connectivity index (χ4v) is 2.48. The van der Waals surface area contributed by atoms with E-state index in [1.54, 1.807) is 13.0 Å². The monoisotopic (exact) mass is 320 g/mol. The van der Waals surface area contributed by atoms with E-state index in [-0.39, 0.29) is 18.4 Å². The van der Waals surface area contributed by atoms with Gasteiger partial charge in [0.1, 0.15) is 6.10 Å². The van der Waals surface area contributed by atoms with E-state index in [0.29, 0.717) is 24.5 Å². The number of benzene rings is 1. The molecule has 0 aromatic heterocycles. The third-order valence-electron chi connectivity index (χ3n) is 3.45. The average Bonchev–Trinajstić information content (AvgIpc) is 2.47. The number of rotatable bonds is 9. The molecule has 4 nitrogen and oxygen atoms in total. The molecule has 0 amide bonds. The Labute approximate surface area is 139 Å². The molecule has 128 valence electrons. The third-order valence-corrected chi connectivity index (χ3v) is 3.45. The van der Waals surface area contributed by atoms with Gasteiger partial charge in [-0.1, -0.05) is 45.4 Å². The van der Waals surface area contributed by atoms with E-state index in [9.17, 15) is 9.59 Å². The lowest BCUT2D eigenvalue weighted by Gasteiger charge is -2.18. The van der Waals surface area contributed by atoms with Crippen LogP contribution in [0, 0.1) is 5.92 Å². The standard InChI is InChI=1S/C19H28O4/c1-5-9-16(13-18(20)22-6-2)23-19(21)17-11-8-7-10-15(17)12-14(3)4/h7-8,10-11,14,16H,5-6,9,12-13H2,1-4H3. The summed E-state index contributed by atoms with van der Waals surface area (Å²) in [5, 5.41) is 0.